The molecule has 9 heteroatoms. The van der Waals surface area contributed by atoms with Crippen LogP contribution in [0.2, 0.25) is 0 Å². The van der Waals surface area contributed by atoms with E-state index in [-0.39, 0.29) is 24.7 Å². The number of benzene rings is 1. The Labute approximate surface area is 150 Å². The van der Waals surface area contributed by atoms with Crippen LogP contribution in [-0.2, 0) is 4.74 Å². The first kappa shape index (κ1) is 19.4. The van der Waals surface area contributed by atoms with Crippen LogP contribution in [0.3, 0.4) is 0 Å². The molecule has 2 aromatic rings. The van der Waals surface area contributed by atoms with Gasteiger partial charge in [0.25, 0.3) is 5.91 Å². The van der Waals surface area contributed by atoms with Gasteiger partial charge in [-0.15, -0.1) is 5.10 Å². The van der Waals surface area contributed by atoms with Gasteiger partial charge in [-0.1, -0.05) is 0 Å². The number of nitrogens with zero attached hydrogens (tertiary/aromatic N) is 3. The highest BCUT2D eigenvalue weighted by molar-refractivity contribution is 5.90. The third-order valence-corrected chi connectivity index (χ3v) is 3.12. The number of aryl methyl sites for hydroxylation is 1. The van der Waals surface area contributed by atoms with E-state index >= 15 is 0 Å². The van der Waals surface area contributed by atoms with Crippen LogP contribution < -0.4 is 10.6 Å². The van der Waals surface area contributed by atoms with Gasteiger partial charge in [0.05, 0.1) is 5.69 Å². The molecule has 1 aromatic carbocycles. The van der Waals surface area contributed by atoms with Crippen molar-refractivity contribution in [2.75, 3.05) is 13.1 Å². The maximum absolute atomic E-state index is 13.0. The number of amides is 2. The fourth-order valence-corrected chi connectivity index (χ4v) is 2.05. The molecule has 0 saturated heterocycles. The van der Waals surface area contributed by atoms with Crippen molar-refractivity contribution >= 4 is 12.0 Å². The molecule has 140 valence electrons. The van der Waals surface area contributed by atoms with E-state index < -0.39 is 17.6 Å². The van der Waals surface area contributed by atoms with Gasteiger partial charge >= 0.3 is 6.09 Å². The summed E-state index contributed by atoms with van der Waals surface area (Å²) in [6, 6.07) is 5.70. The van der Waals surface area contributed by atoms with E-state index in [9.17, 15) is 14.0 Å². The Bertz CT molecular complexity index is 781. The van der Waals surface area contributed by atoms with Gasteiger partial charge in [0.2, 0.25) is 5.82 Å². The molecule has 0 atom stereocenters. The van der Waals surface area contributed by atoms with E-state index in [0.29, 0.717) is 11.5 Å². The first-order valence-corrected chi connectivity index (χ1v) is 8.10. The standard InChI is InChI=1S/C17H22FN5O3/c1-11-21-14(22-23(11)13-7-5-12(18)6-8-13)15(24)19-9-10-20-16(25)26-17(2,3)4/h5-8H,9-10H2,1-4H3,(H,19,24)(H,20,25). The first-order valence-electron chi connectivity index (χ1n) is 8.10. The molecule has 0 unspecified atom stereocenters. The average molecular weight is 363 g/mol. The van der Waals surface area contributed by atoms with Crippen LogP contribution in [0.1, 0.15) is 37.2 Å². The molecular formula is C17H22FN5O3. The van der Waals surface area contributed by atoms with Crippen molar-refractivity contribution in [2.45, 2.75) is 33.3 Å². The summed E-state index contributed by atoms with van der Waals surface area (Å²) in [5.74, 6) is -0.348. The molecule has 0 bridgehead atoms. The molecule has 0 aliphatic heterocycles. The Kier molecular flexibility index (Phi) is 5.91. The Hall–Kier alpha value is -2.97. The predicted molar refractivity (Wildman–Crippen MR) is 92.6 cm³/mol. The van der Waals surface area contributed by atoms with E-state index in [2.05, 4.69) is 20.7 Å². The lowest BCUT2D eigenvalue weighted by Crippen LogP contribution is -2.38. The van der Waals surface area contributed by atoms with Gasteiger partial charge in [-0.3, -0.25) is 4.79 Å². The van der Waals surface area contributed by atoms with Crippen LogP contribution in [0.5, 0.6) is 0 Å². The second kappa shape index (κ2) is 7.94. The molecule has 1 aromatic heterocycles. The molecule has 8 nitrogen and oxygen atoms in total. The highest BCUT2D eigenvalue weighted by Crippen LogP contribution is 2.10. The molecule has 26 heavy (non-hydrogen) atoms. The molecule has 0 aliphatic rings. The largest absolute Gasteiger partial charge is 0.444 e. The second-order valence-corrected chi connectivity index (χ2v) is 6.56. The summed E-state index contributed by atoms with van der Waals surface area (Å²) in [4.78, 5) is 27.7. The number of carbonyl (C=O) groups excluding carboxylic acids is 2. The molecule has 2 N–H and O–H groups in total. The van der Waals surface area contributed by atoms with Crippen LogP contribution in [0, 0.1) is 12.7 Å². The van der Waals surface area contributed by atoms with Gasteiger partial charge in [0.1, 0.15) is 17.2 Å². The first-order chi connectivity index (χ1) is 12.2. The summed E-state index contributed by atoms with van der Waals surface area (Å²) in [6.45, 7) is 7.39. The van der Waals surface area contributed by atoms with Crippen LogP contribution in [-0.4, -0.2) is 45.5 Å². The molecule has 0 aliphatic carbocycles. The number of alkyl carbamates (subject to hydrolysis) is 1. The second-order valence-electron chi connectivity index (χ2n) is 6.56. The van der Waals surface area contributed by atoms with Crippen LogP contribution in [0.25, 0.3) is 5.69 Å². The Morgan fingerprint density at radius 2 is 1.77 bits per heavy atom. The van der Waals surface area contributed by atoms with E-state index in [1.54, 1.807) is 39.8 Å². The normalized spacial score (nSPS) is 11.1. The minimum Gasteiger partial charge on any atom is -0.444 e. The zero-order chi connectivity index (χ0) is 19.3. The fourth-order valence-electron chi connectivity index (χ4n) is 2.05. The van der Waals surface area contributed by atoms with Crippen LogP contribution in [0.4, 0.5) is 9.18 Å². The Balaban J connectivity index is 1.88. The van der Waals surface area contributed by atoms with Crippen molar-refractivity contribution in [1.82, 2.24) is 25.4 Å². The molecular weight excluding hydrogens is 341 g/mol. The lowest BCUT2D eigenvalue weighted by molar-refractivity contribution is 0.0526. The molecule has 0 saturated carbocycles. The Morgan fingerprint density at radius 3 is 2.38 bits per heavy atom. The number of halogens is 1. The maximum Gasteiger partial charge on any atom is 0.407 e. The van der Waals surface area contributed by atoms with E-state index in [1.807, 2.05) is 0 Å². The zero-order valence-corrected chi connectivity index (χ0v) is 15.2. The van der Waals surface area contributed by atoms with Crippen molar-refractivity contribution in [2.24, 2.45) is 0 Å². The summed E-state index contributed by atoms with van der Waals surface area (Å²) < 4.78 is 19.5. The Morgan fingerprint density at radius 1 is 1.15 bits per heavy atom. The molecule has 2 amide bonds. The number of aromatic nitrogens is 3. The fraction of sp³-hybridized carbons (Fsp3) is 0.412. The molecule has 0 radical (unpaired) electrons. The summed E-state index contributed by atoms with van der Waals surface area (Å²) >= 11 is 0. The van der Waals surface area contributed by atoms with Gasteiger partial charge in [-0.05, 0) is 52.0 Å². The number of rotatable bonds is 5. The zero-order valence-electron chi connectivity index (χ0n) is 15.2. The molecule has 2 rings (SSSR count). The van der Waals surface area contributed by atoms with Gasteiger partial charge in [-0.25, -0.2) is 18.9 Å². The minimum absolute atomic E-state index is 0.0101. The summed E-state index contributed by atoms with van der Waals surface area (Å²) in [5.41, 5.74) is 0.0177. The summed E-state index contributed by atoms with van der Waals surface area (Å²) in [6.07, 6.45) is -0.554. The van der Waals surface area contributed by atoms with Gasteiger partial charge in [0, 0.05) is 13.1 Å². The topological polar surface area (TPSA) is 98.1 Å². The maximum atomic E-state index is 13.0. The lowest BCUT2D eigenvalue weighted by atomic mass is 10.2. The van der Waals surface area contributed by atoms with E-state index in [0.717, 1.165) is 0 Å². The number of carbonyl (C=O) groups is 2. The van der Waals surface area contributed by atoms with E-state index in [4.69, 9.17) is 4.74 Å². The quantitative estimate of drug-likeness (QED) is 0.792. The highest BCUT2D eigenvalue weighted by Gasteiger charge is 2.17. The van der Waals surface area contributed by atoms with Crippen molar-refractivity contribution in [3.63, 3.8) is 0 Å². The van der Waals surface area contributed by atoms with Gasteiger partial charge < -0.3 is 15.4 Å². The minimum atomic E-state index is -0.581. The third-order valence-electron chi connectivity index (χ3n) is 3.12. The van der Waals surface area contributed by atoms with Crippen molar-refractivity contribution in [3.8, 4) is 5.69 Å². The number of nitrogens with one attached hydrogen (secondary N) is 2. The van der Waals surface area contributed by atoms with Crippen molar-refractivity contribution in [3.05, 3.63) is 41.7 Å². The van der Waals surface area contributed by atoms with Gasteiger partial charge in [-0.2, -0.15) is 0 Å². The molecule has 1 heterocycles. The molecule has 0 spiro atoms. The smallest absolute Gasteiger partial charge is 0.407 e. The highest BCUT2D eigenvalue weighted by atomic mass is 19.1. The summed E-state index contributed by atoms with van der Waals surface area (Å²) in [7, 11) is 0. The van der Waals surface area contributed by atoms with E-state index in [1.165, 1.54) is 16.8 Å². The monoisotopic (exact) mass is 363 g/mol. The SMILES string of the molecule is Cc1nc(C(=O)NCCNC(=O)OC(C)(C)C)nn1-c1ccc(F)cc1. The van der Waals surface area contributed by atoms with Crippen LogP contribution in [0.15, 0.2) is 24.3 Å². The lowest BCUT2D eigenvalue weighted by Gasteiger charge is -2.19. The third kappa shape index (κ3) is 5.54. The summed E-state index contributed by atoms with van der Waals surface area (Å²) in [5, 5.41) is 9.28. The van der Waals surface area contributed by atoms with Crippen molar-refractivity contribution < 1.29 is 18.7 Å². The average Bonchev–Trinajstić information content (AvgIpc) is 2.92. The predicted octanol–water partition coefficient (Wildman–Crippen LogP) is 1.97. The van der Waals surface area contributed by atoms with Crippen LogP contribution >= 0.6 is 0 Å². The number of hydrogen-bond donors (Lipinski definition) is 2. The number of ether oxygens (including phenoxy) is 1. The molecule has 0 fully saturated rings. The van der Waals surface area contributed by atoms with Gasteiger partial charge in [0.15, 0.2) is 0 Å². The number of hydrogen-bond acceptors (Lipinski definition) is 5. The van der Waals surface area contributed by atoms with Crippen molar-refractivity contribution in [1.29, 1.82) is 0 Å².